The summed E-state index contributed by atoms with van der Waals surface area (Å²) in [5.74, 6) is -1.23. The number of carbonyl (C=O) groups is 1. The molecule has 1 aliphatic rings. The van der Waals surface area contributed by atoms with Crippen LogP contribution in [0.25, 0.3) is 0 Å². The number of hydrazine groups is 1. The topological polar surface area (TPSA) is 97.4 Å². The van der Waals surface area contributed by atoms with Gasteiger partial charge in [0.15, 0.2) is 0 Å². The molecule has 0 bridgehead atoms. The highest BCUT2D eigenvalue weighted by molar-refractivity contribution is 5.70. The predicted molar refractivity (Wildman–Crippen MR) is 74.2 cm³/mol. The van der Waals surface area contributed by atoms with E-state index in [1.807, 2.05) is 20.8 Å². The van der Waals surface area contributed by atoms with Crippen molar-refractivity contribution < 1.29 is 24.4 Å². The number of methoxy groups -OCH3 is 1. The third kappa shape index (κ3) is 5.37. The van der Waals surface area contributed by atoms with Gasteiger partial charge in [0.2, 0.25) is 5.28 Å². The molecule has 1 aliphatic carbocycles. The Bertz CT molecular complexity index is 380. The molecule has 122 valence electrons. The molecule has 0 amide bonds. The summed E-state index contributed by atoms with van der Waals surface area (Å²) in [7, 11) is 1.56. The van der Waals surface area contributed by atoms with Gasteiger partial charge in [-0.1, -0.05) is 0 Å². The molecule has 0 aliphatic heterocycles. The monoisotopic (exact) mass is 303 g/mol. The summed E-state index contributed by atoms with van der Waals surface area (Å²) >= 11 is 0. The first-order valence-electron chi connectivity index (χ1n) is 7.09. The molecule has 1 saturated carbocycles. The van der Waals surface area contributed by atoms with E-state index in [1.54, 1.807) is 7.11 Å². The lowest BCUT2D eigenvalue weighted by Crippen LogP contribution is -2.47. The highest BCUT2D eigenvalue weighted by Gasteiger charge is 2.33. The van der Waals surface area contributed by atoms with Gasteiger partial charge in [-0.2, -0.15) is 0 Å². The molecule has 8 nitrogen and oxygen atoms in total. The van der Waals surface area contributed by atoms with Crippen molar-refractivity contribution in [2.45, 2.75) is 51.7 Å². The summed E-state index contributed by atoms with van der Waals surface area (Å²) in [6.07, 6.45) is 1.23. The molecule has 8 heteroatoms. The Kier molecular flexibility index (Phi) is 6.19. The van der Waals surface area contributed by atoms with Gasteiger partial charge < -0.3 is 19.9 Å². The average molecular weight is 303 g/mol. The van der Waals surface area contributed by atoms with E-state index in [4.69, 9.17) is 14.7 Å². The van der Waals surface area contributed by atoms with Crippen molar-refractivity contribution in [2.75, 3.05) is 20.3 Å². The maximum atomic E-state index is 12.0. The van der Waals surface area contributed by atoms with Crippen molar-refractivity contribution >= 4 is 5.97 Å². The zero-order valence-corrected chi connectivity index (χ0v) is 13.1. The minimum Gasteiger partial charge on any atom is -0.569 e. The Balaban J connectivity index is 2.59. The second kappa shape index (κ2) is 7.44. The summed E-state index contributed by atoms with van der Waals surface area (Å²) in [5.41, 5.74) is -0.424. The van der Waals surface area contributed by atoms with E-state index in [0.717, 1.165) is 0 Å². The predicted octanol–water partition coefficient (Wildman–Crippen LogP) is 1.80. The minimum atomic E-state index is -0.823. The van der Waals surface area contributed by atoms with E-state index in [-0.39, 0.29) is 6.10 Å². The Morgan fingerprint density at radius 3 is 2.62 bits per heavy atom. The van der Waals surface area contributed by atoms with Gasteiger partial charge in [-0.05, 0) is 33.6 Å². The highest BCUT2D eigenvalue weighted by atomic mass is 16.7. The van der Waals surface area contributed by atoms with Gasteiger partial charge in [0, 0.05) is 13.5 Å². The molecule has 1 N–H and O–H groups in total. The third-order valence-corrected chi connectivity index (χ3v) is 3.49. The van der Waals surface area contributed by atoms with Crippen LogP contribution in [0.4, 0.5) is 0 Å². The lowest BCUT2D eigenvalue weighted by Gasteiger charge is -2.30. The summed E-state index contributed by atoms with van der Waals surface area (Å²) in [6.45, 7) is 6.45. The maximum absolute atomic E-state index is 12.0. The largest absolute Gasteiger partial charge is 0.569 e. The second-order valence-electron chi connectivity index (χ2n) is 6.20. The zero-order chi connectivity index (χ0) is 16.0. The van der Waals surface area contributed by atoms with Gasteiger partial charge >= 0.3 is 5.97 Å². The number of hydrogen-bond acceptors (Lipinski definition) is 5. The van der Waals surface area contributed by atoms with Crippen LogP contribution in [-0.2, 0) is 14.4 Å². The van der Waals surface area contributed by atoms with Crippen LogP contribution in [0, 0.1) is 11.1 Å². The smallest absolute Gasteiger partial charge is 0.306 e. The zero-order valence-electron chi connectivity index (χ0n) is 13.1. The Labute approximate surface area is 124 Å². The fraction of sp³-hybridized carbons (Fsp3) is 0.923. The van der Waals surface area contributed by atoms with E-state index in [9.17, 15) is 10.0 Å². The number of carboxylic acid groups (broad SMARTS) is 1. The third-order valence-electron chi connectivity index (χ3n) is 3.49. The molecular weight excluding hydrogens is 278 g/mol. The van der Waals surface area contributed by atoms with E-state index >= 15 is 0 Å². The SMILES string of the molecule is COCCN(/[N+]([O-])=N/O[C@@H]1CC[C@@H](C(=O)O)C1)C(C)(C)C. The molecule has 0 aromatic carbocycles. The summed E-state index contributed by atoms with van der Waals surface area (Å²) in [5, 5.41) is 26.0. The molecule has 0 heterocycles. The van der Waals surface area contributed by atoms with Crippen molar-refractivity contribution in [3.8, 4) is 0 Å². The molecule has 0 aromatic heterocycles. The fourth-order valence-corrected chi connectivity index (χ4v) is 2.27. The van der Waals surface area contributed by atoms with Crippen molar-refractivity contribution in [3.63, 3.8) is 0 Å². The van der Waals surface area contributed by atoms with Crippen LogP contribution in [0.15, 0.2) is 5.28 Å². The quantitative estimate of drug-likeness (QED) is 0.437. The molecule has 0 radical (unpaired) electrons. The Morgan fingerprint density at radius 1 is 1.48 bits per heavy atom. The minimum absolute atomic E-state index is 0.313. The number of hydrogen-bond donors (Lipinski definition) is 1. The summed E-state index contributed by atoms with van der Waals surface area (Å²) in [6, 6.07) is 0. The van der Waals surface area contributed by atoms with Crippen LogP contribution in [0.3, 0.4) is 0 Å². The van der Waals surface area contributed by atoms with Crippen LogP contribution in [0.1, 0.15) is 40.0 Å². The molecule has 0 unspecified atom stereocenters. The van der Waals surface area contributed by atoms with Crippen LogP contribution in [-0.4, -0.2) is 53.0 Å². The Morgan fingerprint density at radius 2 is 2.14 bits per heavy atom. The van der Waals surface area contributed by atoms with Gasteiger partial charge in [0.1, 0.15) is 12.6 Å². The van der Waals surface area contributed by atoms with Gasteiger partial charge in [-0.15, -0.1) is 5.01 Å². The standard InChI is InChI=1S/C13H25N3O5/c1-13(2,3)15(7-8-20-4)16(19)14-21-11-6-5-10(9-11)12(17)18/h10-11H,5-9H2,1-4H3,(H,17,18)/b16-14-/t10-,11-/m1/s1. The molecular formula is C13H25N3O5. The first-order chi connectivity index (χ1) is 9.75. The Hall–Kier alpha value is -1.57. The van der Waals surface area contributed by atoms with Crippen molar-refractivity contribution in [1.82, 2.24) is 5.01 Å². The highest BCUT2D eigenvalue weighted by Crippen LogP contribution is 2.28. The number of nitrogens with zero attached hydrogens (tertiary/aromatic N) is 3. The lowest BCUT2D eigenvalue weighted by atomic mass is 10.1. The van der Waals surface area contributed by atoms with Crippen molar-refractivity contribution in [2.24, 2.45) is 11.2 Å². The number of rotatable bonds is 7. The normalized spacial score (nSPS) is 23.1. The fourth-order valence-electron chi connectivity index (χ4n) is 2.27. The summed E-state index contributed by atoms with van der Waals surface area (Å²) < 4.78 is 4.98. The molecule has 2 atom stereocenters. The van der Waals surface area contributed by atoms with Crippen LogP contribution in [0.5, 0.6) is 0 Å². The van der Waals surface area contributed by atoms with Gasteiger partial charge in [-0.25, -0.2) is 0 Å². The van der Waals surface area contributed by atoms with E-state index in [1.165, 1.54) is 5.01 Å². The lowest BCUT2D eigenvalue weighted by molar-refractivity contribution is -0.726. The number of carboxylic acids is 1. The molecule has 0 saturated heterocycles. The molecule has 21 heavy (non-hydrogen) atoms. The molecule has 1 fully saturated rings. The van der Waals surface area contributed by atoms with Crippen LogP contribution >= 0.6 is 0 Å². The van der Waals surface area contributed by atoms with Gasteiger partial charge in [0.05, 0.1) is 23.0 Å². The first kappa shape index (κ1) is 17.5. The first-order valence-corrected chi connectivity index (χ1v) is 7.09. The van der Waals surface area contributed by atoms with Crippen LogP contribution in [0.2, 0.25) is 0 Å². The van der Waals surface area contributed by atoms with E-state index < -0.39 is 17.4 Å². The van der Waals surface area contributed by atoms with E-state index in [0.29, 0.717) is 37.4 Å². The number of ether oxygens (including phenoxy) is 1. The number of aliphatic carboxylic acids is 1. The van der Waals surface area contributed by atoms with Crippen molar-refractivity contribution in [1.29, 1.82) is 0 Å². The van der Waals surface area contributed by atoms with E-state index in [2.05, 4.69) is 5.28 Å². The van der Waals surface area contributed by atoms with Gasteiger partial charge in [-0.3, -0.25) is 4.79 Å². The molecule has 1 rings (SSSR count). The van der Waals surface area contributed by atoms with Crippen molar-refractivity contribution in [3.05, 3.63) is 5.21 Å². The maximum Gasteiger partial charge on any atom is 0.306 e. The average Bonchev–Trinajstić information content (AvgIpc) is 2.84. The molecule has 0 aromatic rings. The second-order valence-corrected chi connectivity index (χ2v) is 6.20. The van der Waals surface area contributed by atoms with Crippen LogP contribution < -0.4 is 0 Å². The van der Waals surface area contributed by atoms with Gasteiger partial charge in [0.25, 0.3) is 0 Å². The summed E-state index contributed by atoms with van der Waals surface area (Å²) in [4.78, 5) is 16.5. The molecule has 0 spiro atoms.